The van der Waals surface area contributed by atoms with Crippen molar-refractivity contribution in [3.63, 3.8) is 0 Å². The Kier molecular flexibility index (Phi) is 6.23. The van der Waals surface area contributed by atoms with E-state index >= 15 is 0 Å². The minimum Gasteiger partial charge on any atom is -0.334 e. The van der Waals surface area contributed by atoms with E-state index < -0.39 is 17.8 Å². The van der Waals surface area contributed by atoms with Gasteiger partial charge in [-0.3, -0.25) is 0 Å². The summed E-state index contributed by atoms with van der Waals surface area (Å²) < 4.78 is 51.2. The first-order valence-corrected chi connectivity index (χ1v) is 7.68. The predicted molar refractivity (Wildman–Crippen MR) is 89.7 cm³/mol. The van der Waals surface area contributed by atoms with E-state index in [2.05, 4.69) is 22.5 Å². The van der Waals surface area contributed by atoms with Gasteiger partial charge in [-0.1, -0.05) is 30.0 Å². The maximum Gasteiger partial charge on any atom is 0.416 e. The molecule has 0 heterocycles. The molecule has 0 saturated carbocycles. The molecule has 26 heavy (non-hydrogen) atoms. The van der Waals surface area contributed by atoms with Crippen LogP contribution in [0.2, 0.25) is 0 Å². The van der Waals surface area contributed by atoms with E-state index in [0.717, 1.165) is 12.1 Å². The van der Waals surface area contributed by atoms with E-state index in [9.17, 15) is 22.4 Å². The number of urea groups is 1. The number of hydrogen-bond acceptors (Lipinski definition) is 1. The van der Waals surface area contributed by atoms with E-state index in [1.807, 2.05) is 0 Å². The summed E-state index contributed by atoms with van der Waals surface area (Å²) in [6.45, 7) is 1.75. The minimum absolute atomic E-state index is 0.0374. The van der Waals surface area contributed by atoms with Crippen LogP contribution in [0.4, 0.5) is 22.4 Å². The second-order valence-electron chi connectivity index (χ2n) is 5.50. The van der Waals surface area contributed by atoms with E-state index in [1.165, 1.54) is 18.2 Å². The average Bonchev–Trinajstić information content (AvgIpc) is 2.59. The fourth-order valence-corrected chi connectivity index (χ4v) is 2.04. The van der Waals surface area contributed by atoms with E-state index in [0.29, 0.717) is 11.1 Å². The van der Waals surface area contributed by atoms with Crippen LogP contribution in [0.3, 0.4) is 0 Å². The Morgan fingerprint density at radius 1 is 1.12 bits per heavy atom. The number of carbonyl (C=O) groups excluding carboxylic acids is 1. The number of benzene rings is 2. The number of aryl methyl sites for hydroxylation is 1. The van der Waals surface area contributed by atoms with Gasteiger partial charge in [-0.2, -0.15) is 13.2 Å². The Morgan fingerprint density at radius 2 is 1.88 bits per heavy atom. The molecule has 2 rings (SSSR count). The molecule has 0 saturated heterocycles. The van der Waals surface area contributed by atoms with Gasteiger partial charge in [-0.15, -0.1) is 0 Å². The lowest BCUT2D eigenvalue weighted by Gasteiger charge is -2.06. The van der Waals surface area contributed by atoms with Crippen LogP contribution in [-0.2, 0) is 12.7 Å². The number of carbonyl (C=O) groups is 1. The van der Waals surface area contributed by atoms with Crippen molar-refractivity contribution < 1.29 is 22.4 Å². The molecule has 0 aliphatic heterocycles. The Labute approximate surface area is 148 Å². The number of hydrogen-bond donors (Lipinski definition) is 2. The summed E-state index contributed by atoms with van der Waals surface area (Å²) >= 11 is 0. The third-order valence-electron chi connectivity index (χ3n) is 3.45. The summed E-state index contributed by atoms with van der Waals surface area (Å²) in [5, 5.41) is 4.99. The molecule has 0 radical (unpaired) electrons. The van der Waals surface area contributed by atoms with Crippen LogP contribution in [0, 0.1) is 24.6 Å². The lowest BCUT2D eigenvalue weighted by Crippen LogP contribution is -2.35. The monoisotopic (exact) mass is 364 g/mol. The molecule has 2 aromatic rings. The maximum atomic E-state index is 13.4. The zero-order chi connectivity index (χ0) is 19.2. The first kappa shape index (κ1) is 19.3. The molecule has 2 amide bonds. The Balaban J connectivity index is 1.82. The Bertz CT molecular complexity index is 851. The van der Waals surface area contributed by atoms with Gasteiger partial charge in [0.2, 0.25) is 0 Å². The zero-order valence-corrected chi connectivity index (χ0v) is 13.9. The van der Waals surface area contributed by atoms with Gasteiger partial charge >= 0.3 is 12.2 Å². The molecule has 0 aliphatic rings. The van der Waals surface area contributed by atoms with Crippen molar-refractivity contribution in [2.75, 3.05) is 6.54 Å². The van der Waals surface area contributed by atoms with Crippen molar-refractivity contribution in [1.82, 2.24) is 10.6 Å². The molecular formula is C19H16F4N2O. The Morgan fingerprint density at radius 3 is 2.58 bits per heavy atom. The smallest absolute Gasteiger partial charge is 0.334 e. The van der Waals surface area contributed by atoms with Crippen LogP contribution < -0.4 is 10.6 Å². The second-order valence-corrected chi connectivity index (χ2v) is 5.50. The van der Waals surface area contributed by atoms with Gasteiger partial charge in [0.15, 0.2) is 0 Å². The largest absolute Gasteiger partial charge is 0.416 e. The molecule has 2 N–H and O–H groups in total. The van der Waals surface area contributed by atoms with Crippen LogP contribution in [0.5, 0.6) is 0 Å². The summed E-state index contributed by atoms with van der Waals surface area (Å²) in [4.78, 5) is 11.6. The fraction of sp³-hybridized carbons (Fsp3) is 0.211. The summed E-state index contributed by atoms with van der Waals surface area (Å²) in [6, 6.07) is 8.77. The summed E-state index contributed by atoms with van der Waals surface area (Å²) in [6.07, 6.45) is -4.43. The molecule has 0 fully saturated rings. The molecule has 136 valence electrons. The van der Waals surface area contributed by atoms with Crippen LogP contribution in [0.15, 0.2) is 42.5 Å². The number of nitrogens with one attached hydrogen (secondary N) is 2. The molecule has 0 atom stereocenters. The summed E-state index contributed by atoms with van der Waals surface area (Å²) in [7, 11) is 0. The molecule has 0 bridgehead atoms. The number of amides is 2. The molecule has 0 aliphatic carbocycles. The van der Waals surface area contributed by atoms with E-state index in [4.69, 9.17) is 0 Å². The molecule has 7 heteroatoms. The first-order valence-electron chi connectivity index (χ1n) is 7.68. The van der Waals surface area contributed by atoms with Gasteiger partial charge in [-0.05, 0) is 42.3 Å². The standard InChI is InChI=1S/C19H16F4N2O/c1-13-7-8-15(11-17(13)20)12-25-18(26)24-9-3-5-14-4-2-6-16(10-14)19(21,22)23/h2,4,6-8,10-11H,9,12H2,1H3,(H2,24,25,26). The van der Waals surface area contributed by atoms with Gasteiger partial charge in [-0.25, -0.2) is 9.18 Å². The van der Waals surface area contributed by atoms with E-state index in [1.54, 1.807) is 19.1 Å². The van der Waals surface area contributed by atoms with Crippen molar-refractivity contribution in [2.24, 2.45) is 0 Å². The molecule has 2 aromatic carbocycles. The summed E-state index contributed by atoms with van der Waals surface area (Å²) in [5.41, 5.74) is 0.555. The lowest BCUT2D eigenvalue weighted by atomic mass is 10.1. The third-order valence-corrected chi connectivity index (χ3v) is 3.45. The van der Waals surface area contributed by atoms with Crippen LogP contribution in [-0.4, -0.2) is 12.6 Å². The van der Waals surface area contributed by atoms with Gasteiger partial charge in [0.25, 0.3) is 0 Å². The second kappa shape index (κ2) is 8.39. The van der Waals surface area contributed by atoms with E-state index in [-0.39, 0.29) is 24.5 Å². The minimum atomic E-state index is -4.43. The highest BCUT2D eigenvalue weighted by Gasteiger charge is 2.30. The predicted octanol–water partition coefficient (Wildman–Crippen LogP) is 4.00. The number of alkyl halides is 3. The van der Waals surface area contributed by atoms with Crippen molar-refractivity contribution >= 4 is 6.03 Å². The summed E-state index contributed by atoms with van der Waals surface area (Å²) in [5.74, 6) is 4.78. The normalized spacial score (nSPS) is 10.7. The van der Waals surface area contributed by atoms with Crippen LogP contribution >= 0.6 is 0 Å². The SMILES string of the molecule is Cc1ccc(CNC(=O)NCC#Cc2cccc(C(F)(F)F)c2)cc1F. The molecule has 0 spiro atoms. The van der Waals surface area contributed by atoms with Crippen molar-refractivity contribution in [3.8, 4) is 11.8 Å². The third kappa shape index (κ3) is 5.81. The van der Waals surface area contributed by atoms with Crippen LogP contribution in [0.25, 0.3) is 0 Å². The van der Waals surface area contributed by atoms with Gasteiger partial charge in [0.1, 0.15) is 5.82 Å². The average molecular weight is 364 g/mol. The first-order chi connectivity index (χ1) is 12.3. The molecule has 0 aromatic heterocycles. The molecule has 0 unspecified atom stereocenters. The highest BCUT2D eigenvalue weighted by atomic mass is 19.4. The van der Waals surface area contributed by atoms with Crippen molar-refractivity contribution in [1.29, 1.82) is 0 Å². The van der Waals surface area contributed by atoms with Gasteiger partial charge in [0, 0.05) is 12.1 Å². The Hall–Kier alpha value is -3.01. The zero-order valence-electron chi connectivity index (χ0n) is 13.9. The van der Waals surface area contributed by atoms with Crippen molar-refractivity contribution in [3.05, 3.63) is 70.5 Å². The van der Waals surface area contributed by atoms with Crippen molar-refractivity contribution in [2.45, 2.75) is 19.6 Å². The quantitative estimate of drug-likeness (QED) is 0.627. The maximum absolute atomic E-state index is 13.4. The fourth-order valence-electron chi connectivity index (χ4n) is 2.04. The number of rotatable bonds is 3. The molecular weight excluding hydrogens is 348 g/mol. The van der Waals surface area contributed by atoms with Gasteiger partial charge < -0.3 is 10.6 Å². The highest BCUT2D eigenvalue weighted by molar-refractivity contribution is 5.74. The van der Waals surface area contributed by atoms with Gasteiger partial charge in [0.05, 0.1) is 12.1 Å². The lowest BCUT2D eigenvalue weighted by molar-refractivity contribution is -0.137. The highest BCUT2D eigenvalue weighted by Crippen LogP contribution is 2.29. The van der Waals surface area contributed by atoms with Crippen LogP contribution in [0.1, 0.15) is 22.3 Å². The topological polar surface area (TPSA) is 41.1 Å². The molecule has 3 nitrogen and oxygen atoms in total. The number of halogens is 4.